The van der Waals surface area contributed by atoms with Gasteiger partial charge in [-0.2, -0.15) is 0 Å². The molecule has 1 aromatic rings. The second-order valence-corrected chi connectivity index (χ2v) is 4.15. The van der Waals surface area contributed by atoms with Crippen molar-refractivity contribution < 1.29 is 10.2 Å². The SMILES string of the molecule is CN(CCCNC[C@@H](O)CO)c1ccccc1. The Bertz CT molecular complexity index is 293. The number of rotatable bonds is 8. The minimum absolute atomic E-state index is 0.184. The standard InChI is InChI=1S/C13H22N2O2/c1-15(12-6-3-2-4-7-12)9-5-8-14-10-13(17)11-16/h2-4,6-7,13-14,16-17H,5,8-11H2,1H3/t13-/m1/s1. The minimum Gasteiger partial charge on any atom is -0.394 e. The molecular weight excluding hydrogens is 216 g/mol. The zero-order chi connectivity index (χ0) is 12.5. The van der Waals surface area contributed by atoms with E-state index in [9.17, 15) is 0 Å². The number of hydrogen-bond donors (Lipinski definition) is 3. The van der Waals surface area contributed by atoms with Crippen LogP contribution in [0.15, 0.2) is 30.3 Å². The molecular formula is C13H22N2O2. The van der Waals surface area contributed by atoms with Crippen LogP contribution >= 0.6 is 0 Å². The molecule has 0 saturated heterocycles. The first kappa shape index (κ1) is 14.0. The van der Waals surface area contributed by atoms with Crippen LogP contribution in [0.2, 0.25) is 0 Å². The van der Waals surface area contributed by atoms with Gasteiger partial charge in [0.1, 0.15) is 0 Å². The summed E-state index contributed by atoms with van der Waals surface area (Å²) in [5.74, 6) is 0. The van der Waals surface area contributed by atoms with Gasteiger partial charge in [0.05, 0.1) is 12.7 Å². The molecule has 1 rings (SSSR count). The highest BCUT2D eigenvalue weighted by atomic mass is 16.3. The molecule has 1 aromatic carbocycles. The molecule has 96 valence electrons. The largest absolute Gasteiger partial charge is 0.394 e. The summed E-state index contributed by atoms with van der Waals surface area (Å²) in [7, 11) is 2.07. The lowest BCUT2D eigenvalue weighted by Crippen LogP contribution is -2.31. The van der Waals surface area contributed by atoms with Crippen LogP contribution in [0.25, 0.3) is 0 Å². The summed E-state index contributed by atoms with van der Waals surface area (Å²) in [5, 5.41) is 20.9. The molecule has 4 heteroatoms. The fraction of sp³-hybridized carbons (Fsp3) is 0.538. The van der Waals surface area contributed by atoms with Crippen LogP contribution in [-0.4, -0.2) is 49.6 Å². The molecule has 0 bridgehead atoms. The summed E-state index contributed by atoms with van der Waals surface area (Å²) >= 11 is 0. The lowest BCUT2D eigenvalue weighted by molar-refractivity contribution is 0.0946. The molecule has 0 unspecified atom stereocenters. The van der Waals surface area contributed by atoms with Gasteiger partial charge in [0.25, 0.3) is 0 Å². The summed E-state index contributed by atoms with van der Waals surface area (Å²) in [4.78, 5) is 2.20. The van der Waals surface area contributed by atoms with Crippen molar-refractivity contribution in [2.24, 2.45) is 0 Å². The highest BCUT2D eigenvalue weighted by Crippen LogP contribution is 2.10. The maximum atomic E-state index is 9.12. The lowest BCUT2D eigenvalue weighted by atomic mass is 10.3. The second kappa shape index (κ2) is 8.06. The third-order valence-corrected chi connectivity index (χ3v) is 2.63. The smallest absolute Gasteiger partial charge is 0.0894 e. The quantitative estimate of drug-likeness (QED) is 0.576. The predicted octanol–water partition coefficient (Wildman–Crippen LogP) is 0.456. The van der Waals surface area contributed by atoms with Gasteiger partial charge >= 0.3 is 0 Å². The van der Waals surface area contributed by atoms with Crippen LogP contribution in [0.5, 0.6) is 0 Å². The van der Waals surface area contributed by atoms with Crippen LogP contribution in [0.3, 0.4) is 0 Å². The molecule has 0 aromatic heterocycles. The molecule has 0 aliphatic heterocycles. The number of anilines is 1. The highest BCUT2D eigenvalue weighted by molar-refractivity contribution is 5.44. The van der Waals surface area contributed by atoms with Gasteiger partial charge in [0, 0.05) is 25.8 Å². The monoisotopic (exact) mass is 238 g/mol. The van der Waals surface area contributed by atoms with E-state index >= 15 is 0 Å². The fourth-order valence-corrected chi connectivity index (χ4v) is 1.59. The van der Waals surface area contributed by atoms with Crippen LogP contribution in [0.1, 0.15) is 6.42 Å². The molecule has 0 saturated carbocycles. The van der Waals surface area contributed by atoms with Crippen molar-refractivity contribution in [1.29, 1.82) is 0 Å². The molecule has 0 amide bonds. The van der Waals surface area contributed by atoms with Crippen LogP contribution < -0.4 is 10.2 Å². The number of para-hydroxylation sites is 1. The third kappa shape index (κ3) is 5.68. The van der Waals surface area contributed by atoms with E-state index in [1.54, 1.807) is 0 Å². The van der Waals surface area contributed by atoms with E-state index in [2.05, 4.69) is 29.4 Å². The Labute approximate surface area is 103 Å². The zero-order valence-corrected chi connectivity index (χ0v) is 10.3. The molecule has 4 nitrogen and oxygen atoms in total. The molecule has 3 N–H and O–H groups in total. The average Bonchev–Trinajstić information content (AvgIpc) is 2.38. The van der Waals surface area contributed by atoms with E-state index in [0.717, 1.165) is 19.5 Å². The van der Waals surface area contributed by atoms with Crippen LogP contribution in [0.4, 0.5) is 5.69 Å². The van der Waals surface area contributed by atoms with Crippen LogP contribution in [0, 0.1) is 0 Å². The van der Waals surface area contributed by atoms with E-state index in [4.69, 9.17) is 10.2 Å². The fourth-order valence-electron chi connectivity index (χ4n) is 1.59. The van der Waals surface area contributed by atoms with Gasteiger partial charge in [0.2, 0.25) is 0 Å². The van der Waals surface area contributed by atoms with Gasteiger partial charge in [-0.05, 0) is 25.1 Å². The third-order valence-electron chi connectivity index (χ3n) is 2.63. The van der Waals surface area contributed by atoms with Gasteiger partial charge in [-0.25, -0.2) is 0 Å². The number of aliphatic hydroxyl groups is 2. The first-order valence-electron chi connectivity index (χ1n) is 6.00. The van der Waals surface area contributed by atoms with Gasteiger partial charge in [0.15, 0.2) is 0 Å². The van der Waals surface area contributed by atoms with Crippen molar-refractivity contribution in [1.82, 2.24) is 5.32 Å². The Morgan fingerprint density at radius 1 is 1.29 bits per heavy atom. The van der Waals surface area contributed by atoms with Gasteiger partial charge in [-0.1, -0.05) is 18.2 Å². The Hall–Kier alpha value is -1.10. The first-order chi connectivity index (χ1) is 8.24. The molecule has 0 fully saturated rings. The molecule has 0 spiro atoms. The Balaban J connectivity index is 2.11. The van der Waals surface area contributed by atoms with Crippen molar-refractivity contribution in [3.63, 3.8) is 0 Å². The summed E-state index contributed by atoms with van der Waals surface area (Å²) in [5.41, 5.74) is 1.21. The second-order valence-electron chi connectivity index (χ2n) is 4.15. The van der Waals surface area contributed by atoms with Gasteiger partial charge in [-0.3, -0.25) is 0 Å². The van der Waals surface area contributed by atoms with Crippen molar-refractivity contribution in [2.45, 2.75) is 12.5 Å². The number of aliphatic hydroxyl groups excluding tert-OH is 2. The molecule has 17 heavy (non-hydrogen) atoms. The van der Waals surface area contributed by atoms with Gasteiger partial charge < -0.3 is 20.4 Å². The molecule has 0 radical (unpaired) electrons. The summed E-state index contributed by atoms with van der Waals surface area (Å²) < 4.78 is 0. The molecule has 0 aliphatic rings. The summed E-state index contributed by atoms with van der Waals surface area (Å²) in [6.07, 6.45) is 0.352. The summed E-state index contributed by atoms with van der Waals surface area (Å²) in [6.45, 7) is 2.07. The number of nitrogens with one attached hydrogen (secondary N) is 1. The van der Waals surface area contributed by atoms with Crippen molar-refractivity contribution in [2.75, 3.05) is 38.2 Å². The Kier molecular flexibility index (Phi) is 6.62. The molecule has 0 heterocycles. The number of nitrogens with zero attached hydrogens (tertiary/aromatic N) is 1. The zero-order valence-electron chi connectivity index (χ0n) is 10.3. The first-order valence-corrected chi connectivity index (χ1v) is 6.00. The molecule has 1 atom stereocenters. The summed E-state index contributed by atoms with van der Waals surface area (Å²) in [6, 6.07) is 10.2. The maximum Gasteiger partial charge on any atom is 0.0894 e. The normalized spacial score (nSPS) is 12.4. The van der Waals surface area contributed by atoms with E-state index in [0.29, 0.717) is 6.54 Å². The average molecular weight is 238 g/mol. The lowest BCUT2D eigenvalue weighted by Gasteiger charge is -2.19. The topological polar surface area (TPSA) is 55.7 Å². The van der Waals surface area contributed by atoms with Crippen molar-refractivity contribution in [3.8, 4) is 0 Å². The Morgan fingerprint density at radius 3 is 2.65 bits per heavy atom. The van der Waals surface area contributed by atoms with E-state index < -0.39 is 6.10 Å². The van der Waals surface area contributed by atoms with E-state index in [-0.39, 0.29) is 6.61 Å². The molecule has 0 aliphatic carbocycles. The Morgan fingerprint density at radius 2 is 2.00 bits per heavy atom. The van der Waals surface area contributed by atoms with Gasteiger partial charge in [-0.15, -0.1) is 0 Å². The maximum absolute atomic E-state index is 9.12. The van der Waals surface area contributed by atoms with E-state index in [1.807, 2.05) is 18.2 Å². The van der Waals surface area contributed by atoms with Crippen molar-refractivity contribution in [3.05, 3.63) is 30.3 Å². The van der Waals surface area contributed by atoms with Crippen molar-refractivity contribution >= 4 is 5.69 Å². The highest BCUT2D eigenvalue weighted by Gasteiger charge is 2.01. The number of hydrogen-bond acceptors (Lipinski definition) is 4. The van der Waals surface area contributed by atoms with Crippen LogP contribution in [-0.2, 0) is 0 Å². The number of benzene rings is 1. The minimum atomic E-state index is -0.651. The predicted molar refractivity (Wildman–Crippen MR) is 70.3 cm³/mol. The van der Waals surface area contributed by atoms with E-state index in [1.165, 1.54) is 5.69 Å².